The van der Waals surface area contributed by atoms with Crippen molar-refractivity contribution in [1.82, 2.24) is 0 Å². The van der Waals surface area contributed by atoms with Crippen LogP contribution in [0.4, 0.5) is 0 Å². The zero-order chi connectivity index (χ0) is 11.6. The second-order valence-electron chi connectivity index (χ2n) is 6.99. The smallest absolute Gasteiger partial charge is 0.104 e. The Morgan fingerprint density at radius 3 is 2.06 bits per heavy atom. The fourth-order valence-corrected chi connectivity index (χ4v) is 5.23. The van der Waals surface area contributed by atoms with Crippen molar-refractivity contribution in [2.75, 3.05) is 13.2 Å². The van der Waals surface area contributed by atoms with Crippen LogP contribution in [0.5, 0.6) is 0 Å². The van der Waals surface area contributed by atoms with E-state index < -0.39 is 0 Å². The van der Waals surface area contributed by atoms with Crippen LogP contribution in [0.25, 0.3) is 0 Å². The number of rotatable bonds is 3. The zero-order valence-electron chi connectivity index (χ0n) is 11.0. The Bertz CT molecular complexity index is 290. The molecule has 0 radical (unpaired) electrons. The van der Waals surface area contributed by atoms with Crippen molar-refractivity contribution in [3.05, 3.63) is 0 Å². The highest BCUT2D eigenvalue weighted by atomic mass is 16.6. The van der Waals surface area contributed by atoms with E-state index >= 15 is 0 Å². The molecule has 0 N–H and O–H groups in total. The summed E-state index contributed by atoms with van der Waals surface area (Å²) in [4.78, 5) is 0. The average Bonchev–Trinajstić information content (AvgIpc) is 2.85. The lowest BCUT2D eigenvalue weighted by atomic mass is 9.71. The summed E-state index contributed by atoms with van der Waals surface area (Å²) in [7, 11) is 0. The van der Waals surface area contributed by atoms with E-state index in [0.717, 1.165) is 48.7 Å². The lowest BCUT2D eigenvalue weighted by Gasteiger charge is -2.34. The van der Waals surface area contributed by atoms with Gasteiger partial charge >= 0.3 is 0 Å². The minimum absolute atomic E-state index is 0.435. The van der Waals surface area contributed by atoms with Crippen LogP contribution in [0.2, 0.25) is 0 Å². The molecule has 4 rings (SSSR count). The predicted molar refractivity (Wildman–Crippen MR) is 65.6 cm³/mol. The molecule has 0 aromatic rings. The van der Waals surface area contributed by atoms with E-state index in [-0.39, 0.29) is 0 Å². The molecular formula is C15H24O2. The van der Waals surface area contributed by atoms with Crippen LogP contribution in [0, 0.1) is 35.5 Å². The van der Waals surface area contributed by atoms with Gasteiger partial charge in [-0.2, -0.15) is 0 Å². The van der Waals surface area contributed by atoms with E-state index in [1.807, 2.05) is 0 Å². The summed E-state index contributed by atoms with van der Waals surface area (Å²) in [5, 5.41) is 0. The molecule has 96 valence electrons. The summed E-state index contributed by atoms with van der Waals surface area (Å²) >= 11 is 0. The normalized spacial score (nSPS) is 59.6. The van der Waals surface area contributed by atoms with E-state index in [1.165, 1.54) is 19.3 Å². The van der Waals surface area contributed by atoms with Gasteiger partial charge < -0.3 is 9.47 Å². The van der Waals surface area contributed by atoms with Crippen LogP contribution in [0.1, 0.15) is 33.1 Å². The van der Waals surface area contributed by atoms with Gasteiger partial charge in [0.1, 0.15) is 6.10 Å². The predicted octanol–water partition coefficient (Wildman–Crippen LogP) is 2.72. The van der Waals surface area contributed by atoms with Crippen LogP contribution in [-0.2, 0) is 9.47 Å². The first-order valence-electron chi connectivity index (χ1n) is 7.47. The Kier molecular flexibility index (Phi) is 2.36. The van der Waals surface area contributed by atoms with Gasteiger partial charge in [0.15, 0.2) is 0 Å². The van der Waals surface area contributed by atoms with Crippen molar-refractivity contribution in [3.63, 3.8) is 0 Å². The molecule has 7 unspecified atom stereocenters. The topological polar surface area (TPSA) is 21.8 Å². The Morgan fingerprint density at radius 2 is 1.53 bits per heavy atom. The molecule has 3 aliphatic carbocycles. The average molecular weight is 236 g/mol. The standard InChI is InChI=1S/C15H24O2/c1-8-9(2)13-5-12(8)14-3-10(4-15(13)14)16-6-11-7-17-11/h8-15H,3-7H2,1-2H3. The second-order valence-corrected chi connectivity index (χ2v) is 6.99. The van der Waals surface area contributed by atoms with Crippen LogP contribution in [0.3, 0.4) is 0 Å². The molecule has 17 heavy (non-hydrogen) atoms. The fourth-order valence-electron chi connectivity index (χ4n) is 5.23. The van der Waals surface area contributed by atoms with Gasteiger partial charge in [-0.3, -0.25) is 0 Å². The largest absolute Gasteiger partial charge is 0.375 e. The SMILES string of the molecule is CC1C(C)C2CC1C1CC(OCC3CO3)CC21. The van der Waals surface area contributed by atoms with Crippen molar-refractivity contribution in [2.45, 2.75) is 45.3 Å². The van der Waals surface area contributed by atoms with Gasteiger partial charge in [-0.15, -0.1) is 0 Å². The van der Waals surface area contributed by atoms with Crippen LogP contribution in [-0.4, -0.2) is 25.4 Å². The second kappa shape index (κ2) is 3.71. The molecule has 0 amide bonds. The van der Waals surface area contributed by atoms with Gasteiger partial charge in [-0.05, 0) is 54.8 Å². The fraction of sp³-hybridized carbons (Fsp3) is 1.00. The monoisotopic (exact) mass is 236 g/mol. The van der Waals surface area contributed by atoms with Crippen molar-refractivity contribution in [2.24, 2.45) is 35.5 Å². The first kappa shape index (κ1) is 10.8. The zero-order valence-corrected chi connectivity index (χ0v) is 11.0. The highest BCUT2D eigenvalue weighted by Crippen LogP contribution is 2.63. The van der Waals surface area contributed by atoms with E-state index in [2.05, 4.69) is 13.8 Å². The first-order chi connectivity index (χ1) is 8.24. The molecule has 2 heteroatoms. The first-order valence-corrected chi connectivity index (χ1v) is 7.47. The van der Waals surface area contributed by atoms with Crippen molar-refractivity contribution >= 4 is 0 Å². The summed E-state index contributed by atoms with van der Waals surface area (Å²) in [6, 6.07) is 0. The maximum Gasteiger partial charge on any atom is 0.104 e. The molecule has 1 saturated heterocycles. The van der Waals surface area contributed by atoms with Crippen LogP contribution >= 0.6 is 0 Å². The molecule has 4 aliphatic rings. The van der Waals surface area contributed by atoms with E-state index in [9.17, 15) is 0 Å². The van der Waals surface area contributed by atoms with Gasteiger partial charge in [0.25, 0.3) is 0 Å². The number of hydrogen-bond donors (Lipinski definition) is 0. The number of fused-ring (bicyclic) bond motifs is 5. The molecule has 1 aliphatic heterocycles. The molecule has 2 nitrogen and oxygen atoms in total. The molecule has 4 fully saturated rings. The molecule has 0 spiro atoms. The van der Waals surface area contributed by atoms with Gasteiger partial charge in [-0.25, -0.2) is 0 Å². The lowest BCUT2D eigenvalue weighted by molar-refractivity contribution is 0.0398. The highest BCUT2D eigenvalue weighted by Gasteiger charge is 2.57. The molecule has 0 aromatic heterocycles. The summed E-state index contributed by atoms with van der Waals surface area (Å²) in [5.41, 5.74) is 0. The van der Waals surface area contributed by atoms with Gasteiger partial charge in [0.2, 0.25) is 0 Å². The maximum absolute atomic E-state index is 6.03. The van der Waals surface area contributed by atoms with Crippen molar-refractivity contribution in [3.8, 4) is 0 Å². The third-order valence-electron chi connectivity index (χ3n) is 6.36. The summed E-state index contributed by atoms with van der Waals surface area (Å²) in [6.45, 7) is 6.75. The van der Waals surface area contributed by atoms with Crippen LogP contribution < -0.4 is 0 Å². The third kappa shape index (κ3) is 1.60. The molecule has 3 saturated carbocycles. The Balaban J connectivity index is 1.41. The van der Waals surface area contributed by atoms with Gasteiger partial charge in [-0.1, -0.05) is 13.8 Å². The maximum atomic E-state index is 6.03. The molecule has 1 heterocycles. The number of ether oxygens (including phenoxy) is 2. The van der Waals surface area contributed by atoms with Crippen LogP contribution in [0.15, 0.2) is 0 Å². The highest BCUT2D eigenvalue weighted by molar-refractivity contribution is 5.06. The summed E-state index contributed by atoms with van der Waals surface area (Å²) < 4.78 is 11.3. The minimum Gasteiger partial charge on any atom is -0.375 e. The van der Waals surface area contributed by atoms with E-state index in [0.29, 0.717) is 12.2 Å². The third-order valence-corrected chi connectivity index (χ3v) is 6.36. The number of hydrogen-bond acceptors (Lipinski definition) is 2. The van der Waals surface area contributed by atoms with E-state index in [4.69, 9.17) is 9.47 Å². The van der Waals surface area contributed by atoms with Gasteiger partial charge in [0, 0.05) is 0 Å². The quantitative estimate of drug-likeness (QED) is 0.703. The summed E-state index contributed by atoms with van der Waals surface area (Å²) in [5.74, 6) is 5.96. The van der Waals surface area contributed by atoms with Crippen molar-refractivity contribution < 1.29 is 9.47 Å². The Morgan fingerprint density at radius 1 is 0.941 bits per heavy atom. The van der Waals surface area contributed by atoms with Crippen molar-refractivity contribution in [1.29, 1.82) is 0 Å². The summed E-state index contributed by atoms with van der Waals surface area (Å²) in [6.07, 6.45) is 5.20. The Hall–Kier alpha value is -0.0800. The minimum atomic E-state index is 0.435. The molecular weight excluding hydrogens is 212 g/mol. The van der Waals surface area contributed by atoms with Gasteiger partial charge in [0.05, 0.1) is 19.3 Å². The molecule has 2 bridgehead atoms. The van der Waals surface area contributed by atoms with E-state index in [1.54, 1.807) is 0 Å². The molecule has 7 atom stereocenters. The Labute approximate surface area is 104 Å². The molecule has 0 aromatic carbocycles. The lowest BCUT2D eigenvalue weighted by Crippen LogP contribution is -2.28. The number of epoxide rings is 1.